The van der Waals surface area contributed by atoms with E-state index in [-0.39, 0.29) is 19.8 Å². The first kappa shape index (κ1) is 25.8. The number of esters is 1. The molecular formula is C16H34O8P2. The van der Waals surface area contributed by atoms with E-state index in [1.165, 1.54) is 6.92 Å². The Morgan fingerprint density at radius 3 is 1.58 bits per heavy atom. The van der Waals surface area contributed by atoms with Gasteiger partial charge in [0.2, 0.25) is 0 Å². The Balaban J connectivity index is 4.97. The molecule has 2 unspecified atom stereocenters. The predicted octanol–water partition coefficient (Wildman–Crippen LogP) is 4.44. The Morgan fingerprint density at radius 2 is 1.23 bits per heavy atom. The van der Waals surface area contributed by atoms with Gasteiger partial charge in [-0.2, -0.15) is 0 Å². The monoisotopic (exact) mass is 416 g/mol. The molecule has 0 aromatic rings. The predicted molar refractivity (Wildman–Crippen MR) is 100 cm³/mol. The molecule has 0 aromatic carbocycles. The van der Waals surface area contributed by atoms with Crippen LogP contribution in [0, 0.1) is 0 Å². The number of rotatable bonds is 16. The average molecular weight is 416 g/mol. The van der Waals surface area contributed by atoms with Crippen molar-refractivity contribution in [2.45, 2.75) is 77.5 Å². The van der Waals surface area contributed by atoms with E-state index in [1.807, 2.05) is 13.8 Å². The van der Waals surface area contributed by atoms with E-state index in [9.17, 15) is 23.7 Å². The van der Waals surface area contributed by atoms with Gasteiger partial charge in [0.25, 0.3) is 5.40 Å². The molecule has 0 amide bonds. The van der Waals surface area contributed by atoms with Crippen molar-refractivity contribution in [3.8, 4) is 0 Å². The number of carbonyl (C=O) groups excluding carboxylic acids is 1. The van der Waals surface area contributed by atoms with Gasteiger partial charge in [0.1, 0.15) is 0 Å². The summed E-state index contributed by atoms with van der Waals surface area (Å²) in [5, 5.41) is -2.24. The average Bonchev–Trinajstić information content (AvgIpc) is 2.54. The van der Waals surface area contributed by atoms with E-state index >= 15 is 0 Å². The second kappa shape index (κ2) is 13.9. The van der Waals surface area contributed by atoms with Gasteiger partial charge >= 0.3 is 21.2 Å². The molecule has 0 spiro atoms. The van der Waals surface area contributed by atoms with Crippen LogP contribution in [0.3, 0.4) is 0 Å². The van der Waals surface area contributed by atoms with Gasteiger partial charge in [-0.3, -0.25) is 13.9 Å². The maximum atomic E-state index is 12.5. The van der Waals surface area contributed by atoms with Gasteiger partial charge < -0.3 is 23.6 Å². The first-order chi connectivity index (χ1) is 12.2. The first-order valence-electron chi connectivity index (χ1n) is 9.33. The second-order valence-electron chi connectivity index (χ2n) is 6.04. The Labute approximate surface area is 156 Å². The molecule has 0 rings (SSSR count). The molecule has 0 aromatic heterocycles. The third-order valence-corrected chi connectivity index (χ3v) is 8.18. The summed E-state index contributed by atoms with van der Waals surface area (Å²) in [5.41, 5.74) is 0. The van der Waals surface area contributed by atoms with Crippen molar-refractivity contribution in [2.24, 2.45) is 0 Å². The van der Waals surface area contributed by atoms with Crippen molar-refractivity contribution in [3.63, 3.8) is 0 Å². The van der Waals surface area contributed by atoms with Crippen molar-refractivity contribution in [1.82, 2.24) is 0 Å². The zero-order chi connectivity index (χ0) is 20.1. The molecule has 0 bridgehead atoms. The Bertz CT molecular complexity index is 449. The van der Waals surface area contributed by atoms with Crippen molar-refractivity contribution < 1.29 is 37.5 Å². The number of unbranched alkanes of at least 4 members (excludes halogenated alkanes) is 6. The fraction of sp³-hybridized carbons (Fsp3) is 0.938. The van der Waals surface area contributed by atoms with Crippen LogP contribution in [0.15, 0.2) is 0 Å². The van der Waals surface area contributed by atoms with Crippen molar-refractivity contribution in [3.05, 3.63) is 0 Å². The maximum Gasteiger partial charge on any atom is 0.354 e. The summed E-state index contributed by atoms with van der Waals surface area (Å²) >= 11 is 0. The lowest BCUT2D eigenvalue weighted by atomic mass is 10.2. The molecule has 0 aliphatic rings. The Morgan fingerprint density at radius 1 is 0.808 bits per heavy atom. The van der Waals surface area contributed by atoms with Crippen LogP contribution in [0.5, 0.6) is 0 Å². The topological polar surface area (TPSA) is 119 Å². The van der Waals surface area contributed by atoms with Gasteiger partial charge in [-0.05, 0) is 19.8 Å². The number of ether oxygens (including phenoxy) is 1. The van der Waals surface area contributed by atoms with Crippen LogP contribution in [-0.2, 0) is 27.7 Å². The van der Waals surface area contributed by atoms with Crippen molar-refractivity contribution in [2.75, 3.05) is 19.8 Å². The van der Waals surface area contributed by atoms with Gasteiger partial charge in [-0.25, -0.2) is 0 Å². The number of hydrogen-bond donors (Lipinski definition) is 2. The van der Waals surface area contributed by atoms with Gasteiger partial charge in [-0.15, -0.1) is 0 Å². The largest absolute Gasteiger partial charge is 0.465 e. The van der Waals surface area contributed by atoms with Crippen LogP contribution in [0.4, 0.5) is 0 Å². The van der Waals surface area contributed by atoms with Crippen LogP contribution >= 0.6 is 15.2 Å². The molecule has 0 fully saturated rings. The highest BCUT2D eigenvalue weighted by atomic mass is 31.2. The molecule has 10 heteroatoms. The normalized spacial score (nSPS) is 17.3. The summed E-state index contributed by atoms with van der Waals surface area (Å²) in [4.78, 5) is 32.3. The highest BCUT2D eigenvalue weighted by Gasteiger charge is 2.53. The van der Waals surface area contributed by atoms with Crippen LogP contribution in [0.2, 0.25) is 0 Å². The third kappa shape index (κ3) is 10.2. The minimum absolute atomic E-state index is 0.0832. The van der Waals surface area contributed by atoms with Crippen molar-refractivity contribution >= 4 is 21.2 Å². The summed E-state index contributed by atoms with van der Waals surface area (Å²) < 4.78 is 39.5. The fourth-order valence-electron chi connectivity index (χ4n) is 2.26. The van der Waals surface area contributed by atoms with Crippen LogP contribution in [0.1, 0.15) is 72.1 Å². The molecule has 0 radical (unpaired) electrons. The molecule has 156 valence electrons. The van der Waals surface area contributed by atoms with Gasteiger partial charge in [0, 0.05) is 0 Å². The van der Waals surface area contributed by atoms with E-state index in [0.717, 1.165) is 38.5 Å². The molecule has 2 atom stereocenters. The van der Waals surface area contributed by atoms with Gasteiger partial charge in [0.05, 0.1) is 19.8 Å². The van der Waals surface area contributed by atoms with Crippen LogP contribution in [0.25, 0.3) is 0 Å². The summed E-state index contributed by atoms with van der Waals surface area (Å²) in [5.74, 6) is -1.26. The lowest BCUT2D eigenvalue weighted by Crippen LogP contribution is -2.26. The molecule has 0 saturated heterocycles. The van der Waals surface area contributed by atoms with Gasteiger partial charge in [-0.1, -0.05) is 52.4 Å². The minimum Gasteiger partial charge on any atom is -0.465 e. The van der Waals surface area contributed by atoms with E-state index in [1.54, 1.807) is 0 Å². The Kier molecular flexibility index (Phi) is 13.7. The molecule has 0 saturated carbocycles. The zero-order valence-corrected chi connectivity index (χ0v) is 17.9. The van der Waals surface area contributed by atoms with Crippen LogP contribution in [-0.4, -0.2) is 41.0 Å². The molecule has 0 aliphatic heterocycles. The summed E-state index contributed by atoms with van der Waals surface area (Å²) in [6.45, 7) is 5.28. The van der Waals surface area contributed by atoms with Gasteiger partial charge in [0.15, 0.2) is 0 Å². The molecule has 0 heterocycles. The molecule has 26 heavy (non-hydrogen) atoms. The van der Waals surface area contributed by atoms with E-state index < -0.39 is 26.6 Å². The van der Waals surface area contributed by atoms with Crippen molar-refractivity contribution in [1.29, 1.82) is 0 Å². The minimum atomic E-state index is -4.73. The highest BCUT2D eigenvalue weighted by molar-refractivity contribution is 7.73. The lowest BCUT2D eigenvalue weighted by molar-refractivity contribution is -0.141. The maximum absolute atomic E-state index is 12.5. The molecular weight excluding hydrogens is 382 g/mol. The first-order valence-corrected chi connectivity index (χ1v) is 12.6. The van der Waals surface area contributed by atoms with E-state index in [4.69, 9.17) is 13.8 Å². The number of hydrogen-bond acceptors (Lipinski definition) is 6. The smallest absolute Gasteiger partial charge is 0.354 e. The lowest BCUT2D eigenvalue weighted by Gasteiger charge is -2.24. The fourth-order valence-corrected chi connectivity index (χ4v) is 5.88. The summed E-state index contributed by atoms with van der Waals surface area (Å²) in [7, 11) is -9.47. The number of carbonyl (C=O) groups is 1. The third-order valence-electron chi connectivity index (χ3n) is 3.66. The van der Waals surface area contributed by atoms with E-state index in [0.29, 0.717) is 12.8 Å². The van der Waals surface area contributed by atoms with Crippen LogP contribution < -0.4 is 0 Å². The summed E-state index contributed by atoms with van der Waals surface area (Å²) in [6.07, 6.45) is 6.49. The SMILES string of the molecule is CCCCCCOP(=O)(O)C(C(=O)OCC)P(=O)(O)OCCCCCC. The molecule has 8 nitrogen and oxygen atoms in total. The highest BCUT2D eigenvalue weighted by Crippen LogP contribution is 2.65. The molecule has 2 N–H and O–H groups in total. The Hall–Kier alpha value is -0.230. The molecule has 0 aliphatic carbocycles. The standard InChI is InChI=1S/C16H34O8P2/c1-4-7-9-11-13-23-25(18,19)16(15(17)22-6-3)26(20,21)24-14-12-10-8-5-2/h16H,4-14H2,1-3H3,(H,18,19)(H,20,21). The van der Waals surface area contributed by atoms with E-state index in [2.05, 4.69) is 0 Å². The quantitative estimate of drug-likeness (QED) is 0.215. The zero-order valence-electron chi connectivity index (χ0n) is 16.1. The summed E-state index contributed by atoms with van der Waals surface area (Å²) in [6, 6.07) is 0. The second-order valence-corrected chi connectivity index (χ2v) is 10.3.